The molecule has 0 radical (unpaired) electrons. The molecule has 2 aromatic carbocycles. The molecular weight excluding hydrogens is 532 g/mol. The fourth-order valence-electron chi connectivity index (χ4n) is 4.56. The largest absolute Gasteiger partial charge is 0.497 e. The van der Waals surface area contributed by atoms with Crippen LogP contribution in [0.3, 0.4) is 0 Å². The van der Waals surface area contributed by atoms with Gasteiger partial charge in [0, 0.05) is 5.92 Å². The average Bonchev–Trinajstić information content (AvgIpc) is 3.35. The van der Waals surface area contributed by atoms with Gasteiger partial charge in [-0.3, -0.25) is 9.89 Å². The van der Waals surface area contributed by atoms with Gasteiger partial charge < -0.3 is 28.8 Å². The number of carbonyl (C=O) groups excluding carboxylic acids is 1. The lowest BCUT2D eigenvalue weighted by Crippen LogP contribution is -2.52. The number of amidine groups is 1. The summed E-state index contributed by atoms with van der Waals surface area (Å²) < 4.78 is 29.5. The number of hydrogen-bond donors (Lipinski definition) is 1. The van der Waals surface area contributed by atoms with Gasteiger partial charge in [-0.25, -0.2) is 4.79 Å². The van der Waals surface area contributed by atoms with Crippen LogP contribution in [0.5, 0.6) is 5.75 Å². The van der Waals surface area contributed by atoms with E-state index < -0.39 is 23.2 Å². The number of aliphatic imine (C=N–C) groups is 1. The second-order valence-electron chi connectivity index (χ2n) is 10.9. The second kappa shape index (κ2) is 13.8. The van der Waals surface area contributed by atoms with Crippen molar-refractivity contribution in [3.8, 4) is 5.75 Å². The third-order valence-corrected chi connectivity index (χ3v) is 7.87. The lowest BCUT2D eigenvalue weighted by molar-refractivity contribution is -0.148. The van der Waals surface area contributed by atoms with Gasteiger partial charge in [-0.15, -0.1) is 0 Å². The molecule has 2 aliphatic rings. The van der Waals surface area contributed by atoms with Crippen LogP contribution >= 0.6 is 11.8 Å². The van der Waals surface area contributed by atoms with Gasteiger partial charge in [-0.2, -0.15) is 0 Å². The van der Waals surface area contributed by atoms with Gasteiger partial charge in [0.2, 0.25) is 0 Å². The van der Waals surface area contributed by atoms with Crippen molar-refractivity contribution in [3.63, 3.8) is 0 Å². The van der Waals surface area contributed by atoms with Gasteiger partial charge in [0.1, 0.15) is 22.8 Å². The Morgan fingerprint density at radius 2 is 1.77 bits per heavy atom. The molecule has 2 heterocycles. The Kier molecular flexibility index (Phi) is 10.5. The molecule has 5 atom stereocenters. The van der Waals surface area contributed by atoms with E-state index >= 15 is 0 Å². The van der Waals surface area contributed by atoms with E-state index in [9.17, 15) is 9.90 Å². The third-order valence-electron chi connectivity index (χ3n) is 6.71. The molecule has 9 nitrogen and oxygen atoms in total. The number of carbonyl (C=O) groups is 1. The van der Waals surface area contributed by atoms with E-state index in [1.165, 1.54) is 16.7 Å². The van der Waals surface area contributed by atoms with Gasteiger partial charge in [0.05, 0.1) is 52.3 Å². The summed E-state index contributed by atoms with van der Waals surface area (Å²) in [5.74, 6) is 0.664. The fraction of sp³-hybridized carbons (Fsp3) is 0.533. The minimum atomic E-state index is -0.673. The van der Waals surface area contributed by atoms with E-state index in [0.717, 1.165) is 16.9 Å². The topological polar surface area (TPSA) is 99.1 Å². The summed E-state index contributed by atoms with van der Waals surface area (Å²) >= 11 is 1.35. The van der Waals surface area contributed by atoms with Crippen LogP contribution in [0, 0.1) is 5.92 Å². The zero-order chi connectivity index (χ0) is 28.7. The number of aliphatic hydroxyl groups excluding tert-OH is 1. The highest BCUT2D eigenvalue weighted by Crippen LogP contribution is 2.41. The molecular formula is C30H40N2O7S. The van der Waals surface area contributed by atoms with Crippen molar-refractivity contribution in [3.05, 3.63) is 65.7 Å². The molecule has 4 rings (SSSR count). The monoisotopic (exact) mass is 572 g/mol. The molecule has 0 spiro atoms. The number of amides is 1. The van der Waals surface area contributed by atoms with Crippen molar-refractivity contribution >= 4 is 23.0 Å². The van der Waals surface area contributed by atoms with Gasteiger partial charge >= 0.3 is 6.09 Å². The molecule has 2 aromatic rings. The molecule has 0 bridgehead atoms. The molecule has 1 amide bonds. The van der Waals surface area contributed by atoms with Gasteiger partial charge in [0.15, 0.2) is 5.17 Å². The molecule has 1 unspecified atom stereocenters. The van der Waals surface area contributed by atoms with Gasteiger partial charge in [-0.1, -0.05) is 61.2 Å². The van der Waals surface area contributed by atoms with Crippen molar-refractivity contribution in [1.29, 1.82) is 0 Å². The maximum absolute atomic E-state index is 13.3. The Morgan fingerprint density at radius 3 is 2.42 bits per heavy atom. The molecule has 0 aliphatic carbocycles. The molecule has 1 saturated heterocycles. The predicted molar refractivity (Wildman–Crippen MR) is 154 cm³/mol. The highest BCUT2D eigenvalue weighted by molar-refractivity contribution is 8.14. The molecule has 1 fully saturated rings. The van der Waals surface area contributed by atoms with E-state index in [4.69, 9.17) is 28.7 Å². The highest BCUT2D eigenvalue weighted by Gasteiger charge is 2.49. The molecule has 10 heteroatoms. The summed E-state index contributed by atoms with van der Waals surface area (Å²) in [5.41, 5.74) is 0.976. The van der Waals surface area contributed by atoms with Crippen LogP contribution in [0.4, 0.5) is 4.79 Å². The van der Waals surface area contributed by atoms with E-state index in [2.05, 4.69) is 0 Å². The molecule has 2 aliphatic heterocycles. The van der Waals surface area contributed by atoms with Crippen LogP contribution in [-0.2, 0) is 32.2 Å². The number of methoxy groups -OCH3 is 1. The number of aliphatic hydroxyl groups is 1. The molecule has 0 aromatic heterocycles. The van der Waals surface area contributed by atoms with Crippen molar-refractivity contribution in [2.45, 2.75) is 70.2 Å². The zero-order valence-corrected chi connectivity index (χ0v) is 24.6. The Bertz CT molecular complexity index is 1120. The summed E-state index contributed by atoms with van der Waals surface area (Å²) in [7, 11) is 1.63. The summed E-state index contributed by atoms with van der Waals surface area (Å²) in [6.45, 7) is 8.74. The van der Waals surface area contributed by atoms with E-state index in [1.807, 2.05) is 82.3 Å². The number of rotatable bonds is 10. The maximum Gasteiger partial charge on any atom is 0.416 e. The third kappa shape index (κ3) is 7.98. The SMILES string of the molecule is COc1ccc(COC2[C@H]3N=C(N(CCOCc4ccccc4)C(=O)OC(C)(C)C)S[C@H]3O[C@H](CO)[C@H]2C)cc1. The first-order valence-corrected chi connectivity index (χ1v) is 14.4. The Balaban J connectivity index is 1.49. The average molecular weight is 573 g/mol. The lowest BCUT2D eigenvalue weighted by atomic mass is 9.90. The molecule has 1 N–H and O–H groups in total. The molecule has 218 valence electrons. The molecule has 0 saturated carbocycles. The van der Waals surface area contributed by atoms with Gasteiger partial charge in [-0.05, 0) is 44.0 Å². The Hall–Kier alpha value is -2.63. The maximum atomic E-state index is 13.3. The standard InChI is InChI=1S/C30H40N2O7S/c1-20-24(17-33)38-27-25(26(20)37-19-22-11-13-23(35-5)14-12-22)31-28(40-27)32(29(34)39-30(2,3)4)15-16-36-18-21-9-7-6-8-10-21/h6-14,20,24-27,33H,15-19H2,1-5H3/t20-,24-,25-,26?,27-/m1/s1. The minimum Gasteiger partial charge on any atom is -0.497 e. The predicted octanol–water partition coefficient (Wildman–Crippen LogP) is 4.86. The van der Waals surface area contributed by atoms with Gasteiger partial charge in [0.25, 0.3) is 0 Å². The summed E-state index contributed by atoms with van der Waals surface area (Å²) in [6.07, 6.45) is -1.23. The molecule has 40 heavy (non-hydrogen) atoms. The van der Waals surface area contributed by atoms with Crippen LogP contribution in [-0.4, -0.2) is 77.4 Å². The number of nitrogens with zero attached hydrogens (tertiary/aromatic N) is 2. The smallest absolute Gasteiger partial charge is 0.416 e. The van der Waals surface area contributed by atoms with Crippen molar-refractivity contribution in [2.75, 3.05) is 26.9 Å². The van der Waals surface area contributed by atoms with Crippen LogP contribution < -0.4 is 4.74 Å². The normalized spacial score (nSPS) is 24.2. The first-order chi connectivity index (χ1) is 19.2. The number of thioether (sulfide) groups is 1. The van der Waals surface area contributed by atoms with E-state index in [0.29, 0.717) is 25.0 Å². The number of hydrogen-bond acceptors (Lipinski definition) is 9. The van der Waals surface area contributed by atoms with Crippen LogP contribution in [0.15, 0.2) is 59.6 Å². The Labute approximate surface area is 240 Å². The van der Waals surface area contributed by atoms with Crippen molar-refractivity contribution < 1.29 is 33.6 Å². The summed E-state index contributed by atoms with van der Waals surface area (Å²) in [4.78, 5) is 19.7. The first-order valence-electron chi connectivity index (χ1n) is 13.6. The lowest BCUT2D eigenvalue weighted by Gasteiger charge is -2.41. The van der Waals surface area contributed by atoms with Crippen molar-refractivity contribution in [2.24, 2.45) is 10.9 Å². The summed E-state index contributed by atoms with van der Waals surface area (Å²) in [6, 6.07) is 17.2. The first kappa shape index (κ1) is 30.3. The van der Waals surface area contributed by atoms with E-state index in [-0.39, 0.29) is 31.2 Å². The van der Waals surface area contributed by atoms with Crippen LogP contribution in [0.2, 0.25) is 0 Å². The highest BCUT2D eigenvalue weighted by atomic mass is 32.2. The number of fused-ring (bicyclic) bond motifs is 1. The Morgan fingerprint density at radius 1 is 1.07 bits per heavy atom. The number of benzene rings is 2. The van der Waals surface area contributed by atoms with Crippen LogP contribution in [0.25, 0.3) is 0 Å². The quantitative estimate of drug-likeness (QED) is 0.403. The minimum absolute atomic E-state index is 0.114. The van der Waals surface area contributed by atoms with Crippen LogP contribution in [0.1, 0.15) is 38.8 Å². The summed E-state index contributed by atoms with van der Waals surface area (Å²) in [5, 5.41) is 10.5. The second-order valence-corrected chi connectivity index (χ2v) is 12.0. The zero-order valence-electron chi connectivity index (χ0n) is 23.8. The fourth-order valence-corrected chi connectivity index (χ4v) is 5.79. The number of ether oxygens (including phenoxy) is 5. The van der Waals surface area contributed by atoms with Crippen molar-refractivity contribution in [1.82, 2.24) is 4.90 Å². The van der Waals surface area contributed by atoms with E-state index in [1.54, 1.807) is 7.11 Å².